The first kappa shape index (κ1) is 13.8. The van der Waals surface area contributed by atoms with E-state index >= 15 is 0 Å². The molecule has 0 aromatic carbocycles. The first-order valence-corrected chi connectivity index (χ1v) is 6.76. The van der Waals surface area contributed by atoms with E-state index in [9.17, 15) is 9.90 Å². The quantitative estimate of drug-likeness (QED) is 0.808. The summed E-state index contributed by atoms with van der Waals surface area (Å²) < 4.78 is 5.48. The highest BCUT2D eigenvalue weighted by Crippen LogP contribution is 2.68. The Morgan fingerprint density at radius 3 is 2.33 bits per heavy atom. The van der Waals surface area contributed by atoms with E-state index in [1.165, 1.54) is 0 Å². The van der Waals surface area contributed by atoms with Crippen molar-refractivity contribution < 1.29 is 14.6 Å². The third kappa shape index (κ3) is 1.86. The van der Waals surface area contributed by atoms with E-state index in [2.05, 4.69) is 27.7 Å². The SMILES string of the molecule is CC1COC(CO)CN1C(=O)C1C(C)(C)C1(C)C. The van der Waals surface area contributed by atoms with Crippen LogP contribution in [0.2, 0.25) is 0 Å². The van der Waals surface area contributed by atoms with Gasteiger partial charge in [0.05, 0.1) is 25.4 Å². The van der Waals surface area contributed by atoms with Crippen LogP contribution in [0.25, 0.3) is 0 Å². The summed E-state index contributed by atoms with van der Waals surface area (Å²) in [4.78, 5) is 14.5. The van der Waals surface area contributed by atoms with Crippen molar-refractivity contribution in [3.8, 4) is 0 Å². The lowest BCUT2D eigenvalue weighted by Crippen LogP contribution is -2.53. The maximum Gasteiger partial charge on any atom is 0.227 e. The van der Waals surface area contributed by atoms with Gasteiger partial charge in [-0.25, -0.2) is 0 Å². The van der Waals surface area contributed by atoms with Crippen molar-refractivity contribution in [1.82, 2.24) is 4.90 Å². The van der Waals surface area contributed by atoms with Crippen molar-refractivity contribution >= 4 is 5.91 Å². The lowest BCUT2D eigenvalue weighted by atomic mass is 10.0. The number of hydrogen-bond acceptors (Lipinski definition) is 3. The van der Waals surface area contributed by atoms with Crippen molar-refractivity contribution in [3.05, 3.63) is 0 Å². The molecule has 18 heavy (non-hydrogen) atoms. The largest absolute Gasteiger partial charge is 0.394 e. The van der Waals surface area contributed by atoms with Crippen LogP contribution in [0.1, 0.15) is 34.6 Å². The fourth-order valence-corrected chi connectivity index (χ4v) is 3.21. The minimum Gasteiger partial charge on any atom is -0.394 e. The molecule has 1 amide bonds. The molecule has 0 aromatic rings. The van der Waals surface area contributed by atoms with Crippen LogP contribution in [0.15, 0.2) is 0 Å². The monoisotopic (exact) mass is 255 g/mol. The molecule has 2 rings (SSSR count). The van der Waals surface area contributed by atoms with Crippen molar-refractivity contribution in [1.29, 1.82) is 0 Å². The molecule has 1 aliphatic heterocycles. The second kappa shape index (κ2) is 4.20. The Morgan fingerprint density at radius 1 is 1.33 bits per heavy atom. The van der Waals surface area contributed by atoms with Crippen LogP contribution >= 0.6 is 0 Å². The van der Waals surface area contributed by atoms with Gasteiger partial charge in [0, 0.05) is 12.5 Å². The highest BCUT2D eigenvalue weighted by molar-refractivity contribution is 5.84. The summed E-state index contributed by atoms with van der Waals surface area (Å²) >= 11 is 0. The van der Waals surface area contributed by atoms with E-state index < -0.39 is 0 Å². The second-order valence-electron chi connectivity index (χ2n) is 6.85. The summed E-state index contributed by atoms with van der Waals surface area (Å²) in [6.45, 7) is 11.6. The molecule has 104 valence electrons. The molecule has 1 heterocycles. The van der Waals surface area contributed by atoms with Gasteiger partial charge < -0.3 is 14.7 Å². The number of hydrogen-bond donors (Lipinski definition) is 1. The number of amides is 1. The normalized spacial score (nSPS) is 34.4. The Labute approximate surface area is 109 Å². The summed E-state index contributed by atoms with van der Waals surface area (Å²) in [6.07, 6.45) is -0.227. The first-order chi connectivity index (χ1) is 8.23. The molecule has 2 fully saturated rings. The topological polar surface area (TPSA) is 49.8 Å². The van der Waals surface area contributed by atoms with Crippen LogP contribution in [0, 0.1) is 16.7 Å². The number of ether oxygens (including phenoxy) is 1. The van der Waals surface area contributed by atoms with E-state index in [4.69, 9.17) is 4.74 Å². The maximum absolute atomic E-state index is 12.7. The fourth-order valence-electron chi connectivity index (χ4n) is 3.21. The number of carbonyl (C=O) groups excluding carboxylic acids is 1. The molecule has 1 saturated carbocycles. The van der Waals surface area contributed by atoms with E-state index in [1.54, 1.807) is 0 Å². The predicted molar refractivity (Wildman–Crippen MR) is 69.1 cm³/mol. The van der Waals surface area contributed by atoms with Gasteiger partial charge in [0.15, 0.2) is 0 Å². The minimum atomic E-state index is -0.227. The molecule has 4 heteroatoms. The molecule has 0 spiro atoms. The summed E-state index contributed by atoms with van der Waals surface area (Å²) in [5.74, 6) is 0.309. The number of carbonyl (C=O) groups is 1. The molecule has 2 atom stereocenters. The minimum absolute atomic E-state index is 0.0199. The van der Waals surface area contributed by atoms with Crippen molar-refractivity contribution in [2.45, 2.75) is 46.8 Å². The Balaban J connectivity index is 2.10. The second-order valence-corrected chi connectivity index (χ2v) is 6.85. The van der Waals surface area contributed by atoms with E-state index in [0.29, 0.717) is 13.2 Å². The molecule has 0 radical (unpaired) electrons. The van der Waals surface area contributed by atoms with Crippen LogP contribution in [0.4, 0.5) is 0 Å². The van der Waals surface area contributed by atoms with Crippen LogP contribution in [-0.4, -0.2) is 47.8 Å². The number of morpholine rings is 1. The zero-order valence-corrected chi connectivity index (χ0v) is 12.1. The summed E-state index contributed by atoms with van der Waals surface area (Å²) in [6, 6.07) is 0.104. The average molecular weight is 255 g/mol. The number of nitrogens with zero attached hydrogens (tertiary/aromatic N) is 1. The molecule has 1 N–H and O–H groups in total. The van der Waals surface area contributed by atoms with Crippen molar-refractivity contribution in [2.75, 3.05) is 19.8 Å². The smallest absolute Gasteiger partial charge is 0.227 e. The molecule has 0 aromatic heterocycles. The van der Waals surface area contributed by atoms with Crippen molar-refractivity contribution in [2.24, 2.45) is 16.7 Å². The Morgan fingerprint density at radius 2 is 1.89 bits per heavy atom. The van der Waals surface area contributed by atoms with Gasteiger partial charge >= 0.3 is 0 Å². The molecule has 4 nitrogen and oxygen atoms in total. The van der Waals surface area contributed by atoms with Crippen molar-refractivity contribution in [3.63, 3.8) is 0 Å². The third-order valence-electron chi connectivity index (χ3n) is 5.26. The van der Waals surface area contributed by atoms with Crippen LogP contribution in [-0.2, 0) is 9.53 Å². The van der Waals surface area contributed by atoms with E-state index in [1.807, 2.05) is 11.8 Å². The maximum atomic E-state index is 12.7. The van der Waals surface area contributed by atoms with Gasteiger partial charge in [-0.05, 0) is 17.8 Å². The number of aliphatic hydroxyl groups excluding tert-OH is 1. The Hall–Kier alpha value is -0.610. The highest BCUT2D eigenvalue weighted by atomic mass is 16.5. The van der Waals surface area contributed by atoms with Crippen LogP contribution in [0.5, 0.6) is 0 Å². The number of rotatable bonds is 2. The molecular weight excluding hydrogens is 230 g/mol. The molecule has 0 bridgehead atoms. The fraction of sp³-hybridized carbons (Fsp3) is 0.929. The third-order valence-corrected chi connectivity index (χ3v) is 5.26. The van der Waals surface area contributed by atoms with Gasteiger partial charge in [-0.2, -0.15) is 0 Å². The molecular formula is C14H25NO3. The predicted octanol–water partition coefficient (Wildman–Crippen LogP) is 1.28. The van der Waals surface area contributed by atoms with Gasteiger partial charge in [-0.1, -0.05) is 27.7 Å². The van der Waals surface area contributed by atoms with Crippen LogP contribution in [0.3, 0.4) is 0 Å². The molecule has 1 saturated heterocycles. The standard InChI is InChI=1S/C14H25NO3/c1-9-8-18-10(7-16)6-15(9)12(17)11-13(2,3)14(11,4)5/h9-11,16H,6-8H2,1-5H3. The number of aliphatic hydroxyl groups is 1. The van der Waals surface area contributed by atoms with Gasteiger partial charge in [0.25, 0.3) is 0 Å². The van der Waals surface area contributed by atoms with Gasteiger partial charge in [0.2, 0.25) is 5.91 Å². The highest BCUT2D eigenvalue weighted by Gasteiger charge is 2.69. The molecule has 1 aliphatic carbocycles. The Bertz CT molecular complexity index is 337. The van der Waals surface area contributed by atoms with Gasteiger partial charge in [0.1, 0.15) is 0 Å². The van der Waals surface area contributed by atoms with E-state index in [0.717, 1.165) is 0 Å². The Kier molecular flexibility index (Phi) is 3.23. The molecule has 2 unspecified atom stereocenters. The summed E-state index contributed by atoms with van der Waals surface area (Å²) in [5.41, 5.74) is 0.133. The lowest BCUT2D eigenvalue weighted by Gasteiger charge is -2.38. The van der Waals surface area contributed by atoms with E-state index in [-0.39, 0.29) is 41.4 Å². The van der Waals surface area contributed by atoms with Gasteiger partial charge in [-0.3, -0.25) is 4.79 Å². The zero-order valence-electron chi connectivity index (χ0n) is 12.1. The summed E-state index contributed by atoms with van der Waals surface area (Å²) in [7, 11) is 0. The molecule has 2 aliphatic rings. The summed E-state index contributed by atoms with van der Waals surface area (Å²) in [5, 5.41) is 9.17. The van der Waals surface area contributed by atoms with Gasteiger partial charge in [-0.15, -0.1) is 0 Å². The lowest BCUT2D eigenvalue weighted by molar-refractivity contribution is -0.148. The first-order valence-electron chi connectivity index (χ1n) is 6.76. The zero-order chi connectivity index (χ0) is 13.7. The average Bonchev–Trinajstić information content (AvgIpc) is 2.69. The van der Waals surface area contributed by atoms with Crippen LogP contribution < -0.4 is 0 Å².